The largest absolute Gasteiger partial charge is 0.380 e. The molecular weight excluding hydrogens is 250 g/mol. The zero-order chi connectivity index (χ0) is 14.5. The maximum atomic E-state index is 5.63. The topological polar surface area (TPSA) is 39.1 Å². The minimum atomic E-state index is 0.371. The molecule has 1 aromatic rings. The first kappa shape index (κ1) is 15.5. The number of rotatable bonds is 6. The summed E-state index contributed by atoms with van der Waals surface area (Å²) in [5.74, 6) is 0. The minimum Gasteiger partial charge on any atom is -0.380 e. The lowest BCUT2D eigenvalue weighted by molar-refractivity contribution is 0.0412. The highest BCUT2D eigenvalue weighted by atomic mass is 16.5. The summed E-state index contributed by atoms with van der Waals surface area (Å²) < 4.78 is 7.67. The third kappa shape index (κ3) is 3.23. The van der Waals surface area contributed by atoms with E-state index < -0.39 is 0 Å². The Morgan fingerprint density at radius 1 is 1.25 bits per heavy atom. The van der Waals surface area contributed by atoms with Crippen LogP contribution in [-0.2, 0) is 31.2 Å². The predicted molar refractivity (Wildman–Crippen MR) is 81.9 cm³/mol. The second-order valence-corrected chi connectivity index (χ2v) is 5.75. The Kier molecular flexibility index (Phi) is 5.61. The Morgan fingerprint density at radius 2 is 2.00 bits per heavy atom. The molecule has 0 radical (unpaired) electrons. The van der Waals surface area contributed by atoms with Crippen molar-refractivity contribution in [3.63, 3.8) is 0 Å². The fourth-order valence-corrected chi connectivity index (χ4v) is 3.44. The van der Waals surface area contributed by atoms with E-state index in [1.807, 2.05) is 11.8 Å². The number of hydrogen-bond donors (Lipinski definition) is 1. The quantitative estimate of drug-likeness (QED) is 0.870. The molecular formula is C16H29N3O. The van der Waals surface area contributed by atoms with Crippen LogP contribution >= 0.6 is 0 Å². The van der Waals surface area contributed by atoms with Crippen molar-refractivity contribution in [2.45, 2.75) is 71.1 Å². The van der Waals surface area contributed by atoms with E-state index in [0.29, 0.717) is 12.1 Å². The molecule has 0 aliphatic heterocycles. The van der Waals surface area contributed by atoms with Gasteiger partial charge in [-0.05, 0) is 25.7 Å². The van der Waals surface area contributed by atoms with Gasteiger partial charge in [0.25, 0.3) is 0 Å². The fraction of sp³-hybridized carbons (Fsp3) is 0.812. The first-order chi connectivity index (χ1) is 9.71. The second kappa shape index (κ2) is 7.23. The van der Waals surface area contributed by atoms with Crippen molar-refractivity contribution in [1.29, 1.82) is 0 Å². The summed E-state index contributed by atoms with van der Waals surface area (Å²) in [5, 5.41) is 8.37. The number of aryl methyl sites for hydroxylation is 2. The van der Waals surface area contributed by atoms with Gasteiger partial charge in [0.1, 0.15) is 0 Å². The summed E-state index contributed by atoms with van der Waals surface area (Å²) in [6.45, 7) is 5.31. The lowest BCUT2D eigenvalue weighted by Crippen LogP contribution is -2.42. The number of nitrogens with zero attached hydrogens (tertiary/aromatic N) is 2. The molecule has 0 saturated heterocycles. The van der Waals surface area contributed by atoms with Crippen molar-refractivity contribution >= 4 is 0 Å². The highest BCUT2D eigenvalue weighted by Gasteiger charge is 2.25. The molecule has 0 aromatic carbocycles. The molecule has 2 atom stereocenters. The SMILES string of the molecule is CCc1nn(C)c(CC)c1CN[C@@H]1CCCC[C@H]1OC. The molecule has 1 fully saturated rings. The van der Waals surface area contributed by atoms with E-state index in [9.17, 15) is 0 Å². The normalized spacial score (nSPS) is 23.2. The molecule has 20 heavy (non-hydrogen) atoms. The molecule has 1 aromatic heterocycles. The zero-order valence-corrected chi connectivity index (χ0v) is 13.4. The molecule has 1 saturated carbocycles. The molecule has 0 spiro atoms. The Balaban J connectivity index is 2.06. The van der Waals surface area contributed by atoms with Gasteiger partial charge in [-0.15, -0.1) is 0 Å². The van der Waals surface area contributed by atoms with Gasteiger partial charge in [0.2, 0.25) is 0 Å². The summed E-state index contributed by atoms with van der Waals surface area (Å²) in [4.78, 5) is 0. The molecule has 4 heteroatoms. The number of ether oxygens (including phenoxy) is 1. The van der Waals surface area contributed by atoms with Crippen LogP contribution in [-0.4, -0.2) is 29.0 Å². The van der Waals surface area contributed by atoms with Crippen molar-refractivity contribution in [1.82, 2.24) is 15.1 Å². The Hall–Kier alpha value is -0.870. The van der Waals surface area contributed by atoms with Crippen molar-refractivity contribution < 1.29 is 4.74 Å². The number of hydrogen-bond acceptors (Lipinski definition) is 3. The number of methoxy groups -OCH3 is 1. The molecule has 0 unspecified atom stereocenters. The van der Waals surface area contributed by atoms with Gasteiger partial charge in [-0.3, -0.25) is 4.68 Å². The van der Waals surface area contributed by atoms with E-state index >= 15 is 0 Å². The van der Waals surface area contributed by atoms with Crippen molar-refractivity contribution in [3.05, 3.63) is 17.0 Å². The van der Waals surface area contributed by atoms with Crippen molar-refractivity contribution in [2.75, 3.05) is 7.11 Å². The summed E-state index contributed by atoms with van der Waals surface area (Å²) in [7, 11) is 3.89. The van der Waals surface area contributed by atoms with Gasteiger partial charge < -0.3 is 10.1 Å². The summed E-state index contributed by atoms with van der Waals surface area (Å²) in [6.07, 6.45) is 7.43. The Labute approximate surface area is 122 Å². The molecule has 1 heterocycles. The van der Waals surface area contributed by atoms with E-state index in [0.717, 1.165) is 19.4 Å². The van der Waals surface area contributed by atoms with Crippen LogP contribution in [0.25, 0.3) is 0 Å². The van der Waals surface area contributed by atoms with Crippen LogP contribution in [0.4, 0.5) is 0 Å². The van der Waals surface area contributed by atoms with E-state index in [1.165, 1.54) is 42.6 Å². The highest BCUT2D eigenvalue weighted by molar-refractivity contribution is 5.26. The van der Waals surface area contributed by atoms with Gasteiger partial charge in [-0.25, -0.2) is 0 Å². The van der Waals surface area contributed by atoms with E-state index in [2.05, 4.69) is 31.3 Å². The van der Waals surface area contributed by atoms with Crippen LogP contribution in [0.5, 0.6) is 0 Å². The minimum absolute atomic E-state index is 0.371. The van der Waals surface area contributed by atoms with Crippen LogP contribution in [0.1, 0.15) is 56.5 Å². The summed E-state index contributed by atoms with van der Waals surface area (Å²) in [5.41, 5.74) is 4.00. The fourth-order valence-electron chi connectivity index (χ4n) is 3.44. The molecule has 1 N–H and O–H groups in total. The lowest BCUT2D eigenvalue weighted by atomic mass is 9.92. The van der Waals surface area contributed by atoms with E-state index in [1.54, 1.807) is 0 Å². The van der Waals surface area contributed by atoms with Crippen LogP contribution in [0.3, 0.4) is 0 Å². The summed E-state index contributed by atoms with van der Waals surface area (Å²) in [6, 6.07) is 0.489. The Morgan fingerprint density at radius 3 is 2.65 bits per heavy atom. The van der Waals surface area contributed by atoms with Crippen molar-refractivity contribution in [2.24, 2.45) is 7.05 Å². The zero-order valence-electron chi connectivity index (χ0n) is 13.4. The van der Waals surface area contributed by atoms with Crippen molar-refractivity contribution in [3.8, 4) is 0 Å². The molecule has 0 bridgehead atoms. The Bertz CT molecular complexity index is 428. The molecule has 4 nitrogen and oxygen atoms in total. The van der Waals surface area contributed by atoms with Gasteiger partial charge in [-0.2, -0.15) is 5.10 Å². The predicted octanol–water partition coefficient (Wildman–Crippen LogP) is 2.59. The van der Waals surface area contributed by atoms with Crippen LogP contribution in [0.2, 0.25) is 0 Å². The van der Waals surface area contributed by atoms with Gasteiger partial charge in [0, 0.05) is 38.0 Å². The maximum absolute atomic E-state index is 5.63. The molecule has 1 aliphatic rings. The molecule has 114 valence electrons. The molecule has 2 rings (SSSR count). The summed E-state index contributed by atoms with van der Waals surface area (Å²) >= 11 is 0. The lowest BCUT2D eigenvalue weighted by Gasteiger charge is -2.31. The van der Waals surface area contributed by atoms with Crippen LogP contribution < -0.4 is 5.32 Å². The highest BCUT2D eigenvalue weighted by Crippen LogP contribution is 2.22. The molecule has 0 amide bonds. The van der Waals surface area contributed by atoms with Crippen LogP contribution in [0.15, 0.2) is 0 Å². The van der Waals surface area contributed by atoms with Gasteiger partial charge in [0.15, 0.2) is 0 Å². The third-order valence-electron chi connectivity index (χ3n) is 4.57. The average molecular weight is 279 g/mol. The monoisotopic (exact) mass is 279 g/mol. The second-order valence-electron chi connectivity index (χ2n) is 5.75. The van der Waals surface area contributed by atoms with Gasteiger partial charge in [-0.1, -0.05) is 26.7 Å². The first-order valence-corrected chi connectivity index (χ1v) is 8.01. The van der Waals surface area contributed by atoms with E-state index in [4.69, 9.17) is 4.74 Å². The average Bonchev–Trinajstić information content (AvgIpc) is 2.80. The van der Waals surface area contributed by atoms with Gasteiger partial charge in [0.05, 0.1) is 11.8 Å². The molecule has 1 aliphatic carbocycles. The maximum Gasteiger partial charge on any atom is 0.0724 e. The van der Waals surface area contributed by atoms with Gasteiger partial charge >= 0.3 is 0 Å². The third-order valence-corrected chi connectivity index (χ3v) is 4.57. The van der Waals surface area contributed by atoms with Crippen LogP contribution in [0, 0.1) is 0 Å². The standard InChI is InChI=1S/C16H29N3O/c1-5-13-12(15(6-2)19(3)18-13)11-17-14-9-7-8-10-16(14)20-4/h14,16-17H,5-11H2,1-4H3/t14-,16-/m1/s1. The first-order valence-electron chi connectivity index (χ1n) is 8.01. The number of aromatic nitrogens is 2. The van der Waals surface area contributed by atoms with E-state index in [-0.39, 0.29) is 0 Å². The number of nitrogens with one attached hydrogen (secondary N) is 1. The smallest absolute Gasteiger partial charge is 0.0724 e.